The first-order chi connectivity index (χ1) is 9.16. The normalized spacial score (nSPS) is 10.6. The van der Waals surface area contributed by atoms with Crippen molar-refractivity contribution in [2.24, 2.45) is 7.05 Å². The zero-order chi connectivity index (χ0) is 13.7. The molecule has 1 aromatic heterocycles. The molecule has 102 valence electrons. The third-order valence-corrected chi connectivity index (χ3v) is 3.81. The van der Waals surface area contributed by atoms with Crippen molar-refractivity contribution in [1.29, 1.82) is 0 Å². The van der Waals surface area contributed by atoms with Gasteiger partial charge in [-0.15, -0.1) is 10.2 Å². The zero-order valence-electron chi connectivity index (χ0n) is 11.2. The highest BCUT2D eigenvalue weighted by Crippen LogP contribution is 2.17. The van der Waals surface area contributed by atoms with Crippen LogP contribution in [0.2, 0.25) is 0 Å². The first-order valence-electron chi connectivity index (χ1n) is 6.14. The molecule has 0 aliphatic carbocycles. The second-order valence-electron chi connectivity index (χ2n) is 4.21. The average Bonchev–Trinajstić information content (AvgIpc) is 2.70. The third-order valence-electron chi connectivity index (χ3n) is 2.70. The summed E-state index contributed by atoms with van der Waals surface area (Å²) in [5.41, 5.74) is 6.41. The van der Waals surface area contributed by atoms with Gasteiger partial charge in [0.2, 0.25) is 0 Å². The van der Waals surface area contributed by atoms with E-state index in [0.717, 1.165) is 34.6 Å². The van der Waals surface area contributed by atoms with Gasteiger partial charge in [0.15, 0.2) is 5.16 Å². The van der Waals surface area contributed by atoms with Crippen LogP contribution < -0.4 is 10.5 Å². The summed E-state index contributed by atoms with van der Waals surface area (Å²) in [5, 5.41) is 9.07. The topological polar surface area (TPSA) is 66.0 Å². The summed E-state index contributed by atoms with van der Waals surface area (Å²) < 4.78 is 7.61. The SMILES string of the molecule is Cc1nnc(SCCCOc2cccc(N)c2)n1C. The Hall–Kier alpha value is -1.69. The number of hydrogen-bond donors (Lipinski definition) is 1. The molecule has 2 aromatic rings. The number of aryl methyl sites for hydroxylation is 1. The fourth-order valence-electron chi connectivity index (χ4n) is 1.53. The number of aromatic nitrogens is 3. The molecule has 0 aliphatic heterocycles. The molecule has 6 heteroatoms. The molecule has 1 aromatic carbocycles. The molecule has 2 N–H and O–H groups in total. The van der Waals surface area contributed by atoms with Gasteiger partial charge in [-0.2, -0.15) is 0 Å². The molecule has 0 bridgehead atoms. The van der Waals surface area contributed by atoms with Gasteiger partial charge in [0.05, 0.1) is 6.61 Å². The van der Waals surface area contributed by atoms with Crippen LogP contribution in [0.25, 0.3) is 0 Å². The number of nitrogen functional groups attached to an aromatic ring is 1. The van der Waals surface area contributed by atoms with Crippen molar-refractivity contribution in [1.82, 2.24) is 14.8 Å². The van der Waals surface area contributed by atoms with Crippen LogP contribution in [0.1, 0.15) is 12.2 Å². The van der Waals surface area contributed by atoms with E-state index in [1.165, 1.54) is 0 Å². The Kier molecular flexibility index (Phi) is 4.68. The number of ether oxygens (including phenoxy) is 1. The smallest absolute Gasteiger partial charge is 0.190 e. The van der Waals surface area contributed by atoms with Crippen molar-refractivity contribution >= 4 is 17.4 Å². The van der Waals surface area contributed by atoms with Crippen LogP contribution in [0.3, 0.4) is 0 Å². The van der Waals surface area contributed by atoms with Crippen molar-refractivity contribution in [2.45, 2.75) is 18.5 Å². The Morgan fingerprint density at radius 2 is 2.21 bits per heavy atom. The minimum atomic E-state index is 0.674. The molecular formula is C13H18N4OS. The molecule has 5 nitrogen and oxygen atoms in total. The summed E-state index contributed by atoms with van der Waals surface area (Å²) in [6.45, 7) is 2.62. The predicted octanol–water partition coefficient (Wildman–Crippen LogP) is 2.27. The van der Waals surface area contributed by atoms with Gasteiger partial charge in [0.1, 0.15) is 11.6 Å². The van der Waals surface area contributed by atoms with Crippen molar-refractivity contribution < 1.29 is 4.74 Å². The standard InChI is InChI=1S/C13H18N4OS/c1-10-15-16-13(17(10)2)19-8-4-7-18-12-6-3-5-11(14)9-12/h3,5-6,9H,4,7-8,14H2,1-2H3. The van der Waals surface area contributed by atoms with Gasteiger partial charge in [0.25, 0.3) is 0 Å². The van der Waals surface area contributed by atoms with E-state index in [4.69, 9.17) is 10.5 Å². The number of anilines is 1. The van der Waals surface area contributed by atoms with Crippen LogP contribution in [-0.4, -0.2) is 27.1 Å². The minimum absolute atomic E-state index is 0.674. The molecule has 0 unspecified atom stereocenters. The van der Waals surface area contributed by atoms with Gasteiger partial charge in [-0.05, 0) is 25.5 Å². The second-order valence-corrected chi connectivity index (χ2v) is 5.27. The lowest BCUT2D eigenvalue weighted by molar-refractivity contribution is 0.319. The van der Waals surface area contributed by atoms with Gasteiger partial charge in [-0.3, -0.25) is 0 Å². The van der Waals surface area contributed by atoms with Gasteiger partial charge < -0.3 is 15.0 Å². The van der Waals surface area contributed by atoms with E-state index in [9.17, 15) is 0 Å². The van der Waals surface area contributed by atoms with E-state index >= 15 is 0 Å². The molecule has 0 atom stereocenters. The Labute approximate surface area is 117 Å². The van der Waals surface area contributed by atoms with E-state index in [-0.39, 0.29) is 0 Å². The largest absolute Gasteiger partial charge is 0.493 e. The molecule has 0 radical (unpaired) electrons. The summed E-state index contributed by atoms with van der Waals surface area (Å²) in [6.07, 6.45) is 0.950. The summed E-state index contributed by atoms with van der Waals surface area (Å²) in [5.74, 6) is 2.70. The average molecular weight is 278 g/mol. The van der Waals surface area contributed by atoms with Gasteiger partial charge in [-0.1, -0.05) is 17.8 Å². The maximum absolute atomic E-state index is 5.68. The first-order valence-corrected chi connectivity index (χ1v) is 7.12. The fourth-order valence-corrected chi connectivity index (χ4v) is 2.40. The molecule has 1 heterocycles. The molecule has 0 amide bonds. The van der Waals surface area contributed by atoms with E-state index in [0.29, 0.717) is 6.61 Å². The Balaban J connectivity index is 1.69. The highest BCUT2D eigenvalue weighted by Gasteiger charge is 2.04. The maximum atomic E-state index is 5.68. The molecule has 0 aliphatic rings. The summed E-state index contributed by atoms with van der Waals surface area (Å²) >= 11 is 1.69. The van der Waals surface area contributed by atoms with Crippen molar-refractivity contribution in [2.75, 3.05) is 18.1 Å². The van der Waals surface area contributed by atoms with Crippen LogP contribution in [0.5, 0.6) is 5.75 Å². The van der Waals surface area contributed by atoms with Gasteiger partial charge in [0, 0.05) is 24.6 Å². The molecule has 0 fully saturated rings. The Bertz CT molecular complexity index is 541. The summed E-state index contributed by atoms with van der Waals surface area (Å²) in [6, 6.07) is 7.48. The summed E-state index contributed by atoms with van der Waals surface area (Å²) in [7, 11) is 1.97. The van der Waals surface area contributed by atoms with Crippen molar-refractivity contribution in [3.63, 3.8) is 0 Å². The van der Waals surface area contributed by atoms with Crippen molar-refractivity contribution in [3.8, 4) is 5.75 Å². The van der Waals surface area contributed by atoms with Crippen LogP contribution in [0, 0.1) is 6.92 Å². The Morgan fingerprint density at radius 3 is 2.89 bits per heavy atom. The van der Waals surface area contributed by atoms with E-state index in [2.05, 4.69) is 10.2 Å². The fraction of sp³-hybridized carbons (Fsp3) is 0.385. The number of thioether (sulfide) groups is 1. The predicted molar refractivity (Wildman–Crippen MR) is 77.4 cm³/mol. The number of nitrogens with two attached hydrogens (primary N) is 1. The number of benzene rings is 1. The zero-order valence-corrected chi connectivity index (χ0v) is 12.0. The quantitative estimate of drug-likeness (QED) is 0.499. The Morgan fingerprint density at radius 1 is 1.37 bits per heavy atom. The van der Waals surface area contributed by atoms with Crippen LogP contribution in [0.4, 0.5) is 5.69 Å². The summed E-state index contributed by atoms with van der Waals surface area (Å²) in [4.78, 5) is 0. The third kappa shape index (κ3) is 3.89. The van der Waals surface area contributed by atoms with E-state index in [1.807, 2.05) is 42.8 Å². The monoisotopic (exact) mass is 278 g/mol. The van der Waals surface area contributed by atoms with Crippen LogP contribution >= 0.6 is 11.8 Å². The molecule has 0 saturated heterocycles. The second kappa shape index (κ2) is 6.47. The highest BCUT2D eigenvalue weighted by atomic mass is 32.2. The van der Waals surface area contributed by atoms with Crippen LogP contribution in [0.15, 0.2) is 29.4 Å². The lowest BCUT2D eigenvalue weighted by Crippen LogP contribution is -2.00. The van der Waals surface area contributed by atoms with Crippen molar-refractivity contribution in [3.05, 3.63) is 30.1 Å². The van der Waals surface area contributed by atoms with Crippen LogP contribution in [-0.2, 0) is 7.05 Å². The molecule has 0 spiro atoms. The number of nitrogens with zero attached hydrogens (tertiary/aromatic N) is 3. The maximum Gasteiger partial charge on any atom is 0.190 e. The number of hydrogen-bond acceptors (Lipinski definition) is 5. The van der Waals surface area contributed by atoms with Gasteiger partial charge >= 0.3 is 0 Å². The lowest BCUT2D eigenvalue weighted by atomic mass is 10.3. The lowest BCUT2D eigenvalue weighted by Gasteiger charge is -2.06. The van der Waals surface area contributed by atoms with E-state index in [1.54, 1.807) is 11.8 Å². The molecule has 0 saturated carbocycles. The molecular weight excluding hydrogens is 260 g/mol. The minimum Gasteiger partial charge on any atom is -0.493 e. The number of rotatable bonds is 6. The van der Waals surface area contributed by atoms with E-state index < -0.39 is 0 Å². The first kappa shape index (κ1) is 13.7. The molecule has 2 rings (SSSR count). The van der Waals surface area contributed by atoms with Gasteiger partial charge in [-0.25, -0.2) is 0 Å². The molecule has 19 heavy (non-hydrogen) atoms. The highest BCUT2D eigenvalue weighted by molar-refractivity contribution is 7.99.